The van der Waals surface area contributed by atoms with Crippen molar-refractivity contribution in [1.82, 2.24) is 4.90 Å². The molecule has 0 aromatic heterocycles. The van der Waals surface area contributed by atoms with E-state index in [1.165, 1.54) is 11.3 Å². The van der Waals surface area contributed by atoms with Gasteiger partial charge < -0.3 is 4.90 Å². The molecule has 1 aromatic rings. The van der Waals surface area contributed by atoms with Crippen molar-refractivity contribution in [3.63, 3.8) is 0 Å². The molecule has 0 bridgehead atoms. The molecule has 3 nitrogen and oxygen atoms in total. The predicted octanol–water partition coefficient (Wildman–Crippen LogP) is 1.99. The zero-order chi connectivity index (χ0) is 11.4. The number of benzene rings is 1. The normalized spacial score (nSPS) is 17.1. The average molecular weight is 215 g/mol. The maximum Gasteiger partial charge on any atom is 0.270 e. The van der Waals surface area contributed by atoms with Gasteiger partial charge in [-0.3, -0.25) is 4.85 Å². The molecule has 0 aliphatic carbocycles. The Balaban J connectivity index is 2.00. The summed E-state index contributed by atoms with van der Waals surface area (Å²) < 4.78 is 0. The van der Waals surface area contributed by atoms with Crippen LogP contribution in [-0.4, -0.2) is 37.7 Å². The summed E-state index contributed by atoms with van der Waals surface area (Å²) in [6, 6.07) is 8.50. The van der Waals surface area contributed by atoms with Crippen molar-refractivity contribution >= 4 is 5.69 Å². The minimum Gasteiger partial charge on any atom is -0.369 e. The molecule has 1 aliphatic heterocycles. The van der Waals surface area contributed by atoms with E-state index >= 15 is 0 Å². The van der Waals surface area contributed by atoms with Crippen LogP contribution in [0.15, 0.2) is 24.3 Å². The fourth-order valence-corrected chi connectivity index (χ4v) is 2.15. The summed E-state index contributed by atoms with van der Waals surface area (Å²) in [6.07, 6.45) is 0. The van der Waals surface area contributed by atoms with Crippen molar-refractivity contribution in [2.75, 3.05) is 37.7 Å². The van der Waals surface area contributed by atoms with Gasteiger partial charge in [0, 0.05) is 31.9 Å². The summed E-state index contributed by atoms with van der Waals surface area (Å²) >= 11 is 0. The molecular formula is C13H17N3. The van der Waals surface area contributed by atoms with E-state index in [0.717, 1.165) is 26.2 Å². The van der Waals surface area contributed by atoms with E-state index in [2.05, 4.69) is 45.8 Å². The van der Waals surface area contributed by atoms with Crippen molar-refractivity contribution in [3.8, 4) is 0 Å². The molecule has 1 heterocycles. The van der Waals surface area contributed by atoms with Gasteiger partial charge in [0.2, 0.25) is 0 Å². The highest BCUT2D eigenvalue weighted by molar-refractivity contribution is 5.53. The molecule has 0 N–H and O–H groups in total. The quantitative estimate of drug-likeness (QED) is 0.699. The molecule has 2 rings (SSSR count). The summed E-state index contributed by atoms with van der Waals surface area (Å²) in [5, 5.41) is 0. The van der Waals surface area contributed by atoms with Gasteiger partial charge in [-0.15, -0.1) is 0 Å². The SMILES string of the molecule is [C-]#[N+]CN1CCN(c2ccccc2C)CC1. The van der Waals surface area contributed by atoms with Crippen LogP contribution in [0.5, 0.6) is 0 Å². The summed E-state index contributed by atoms with van der Waals surface area (Å²) in [7, 11) is 0. The van der Waals surface area contributed by atoms with Crippen molar-refractivity contribution in [2.45, 2.75) is 6.92 Å². The summed E-state index contributed by atoms with van der Waals surface area (Å²) in [4.78, 5) is 8.05. The second-order valence-corrected chi connectivity index (χ2v) is 4.19. The van der Waals surface area contributed by atoms with Gasteiger partial charge in [-0.05, 0) is 18.6 Å². The first-order valence-electron chi connectivity index (χ1n) is 5.67. The molecule has 1 fully saturated rings. The first kappa shape index (κ1) is 11.0. The second kappa shape index (κ2) is 5.00. The lowest BCUT2D eigenvalue weighted by atomic mass is 10.1. The predicted molar refractivity (Wildman–Crippen MR) is 66.4 cm³/mol. The Morgan fingerprint density at radius 3 is 2.50 bits per heavy atom. The zero-order valence-corrected chi connectivity index (χ0v) is 9.69. The number of anilines is 1. The van der Waals surface area contributed by atoms with Crippen LogP contribution in [-0.2, 0) is 0 Å². The number of aryl methyl sites for hydroxylation is 1. The van der Waals surface area contributed by atoms with Gasteiger partial charge in [0.15, 0.2) is 0 Å². The first-order chi connectivity index (χ1) is 7.81. The largest absolute Gasteiger partial charge is 0.369 e. The molecule has 0 saturated carbocycles. The van der Waals surface area contributed by atoms with Crippen LogP contribution in [0.1, 0.15) is 5.56 Å². The van der Waals surface area contributed by atoms with Crippen LogP contribution in [0.2, 0.25) is 0 Å². The van der Waals surface area contributed by atoms with Gasteiger partial charge in [0.1, 0.15) is 0 Å². The third-order valence-corrected chi connectivity index (χ3v) is 3.10. The molecule has 84 valence electrons. The molecule has 1 saturated heterocycles. The number of nitrogens with zero attached hydrogens (tertiary/aromatic N) is 3. The lowest BCUT2D eigenvalue weighted by Gasteiger charge is -2.34. The van der Waals surface area contributed by atoms with E-state index in [9.17, 15) is 0 Å². The lowest BCUT2D eigenvalue weighted by molar-refractivity contribution is 0.283. The van der Waals surface area contributed by atoms with Gasteiger partial charge in [0.25, 0.3) is 6.67 Å². The Labute approximate surface area is 97.1 Å². The summed E-state index contributed by atoms with van der Waals surface area (Å²) in [5.41, 5.74) is 2.67. The molecule has 1 aliphatic rings. The summed E-state index contributed by atoms with van der Waals surface area (Å²) in [5.74, 6) is 0. The van der Waals surface area contributed by atoms with Gasteiger partial charge in [-0.1, -0.05) is 18.2 Å². The maximum absolute atomic E-state index is 6.86. The number of piperazine rings is 1. The van der Waals surface area contributed by atoms with E-state index in [0.29, 0.717) is 6.67 Å². The molecule has 3 heteroatoms. The van der Waals surface area contributed by atoms with Crippen LogP contribution in [0.25, 0.3) is 4.85 Å². The minimum atomic E-state index is 0.543. The Bertz CT molecular complexity index is 386. The highest BCUT2D eigenvalue weighted by Gasteiger charge is 2.18. The van der Waals surface area contributed by atoms with Gasteiger partial charge in [-0.25, -0.2) is 11.5 Å². The first-order valence-corrected chi connectivity index (χ1v) is 5.67. The number of rotatable bonds is 2. The molecule has 0 atom stereocenters. The van der Waals surface area contributed by atoms with Gasteiger partial charge in [0.05, 0.1) is 0 Å². The van der Waals surface area contributed by atoms with Crippen molar-refractivity contribution in [1.29, 1.82) is 0 Å². The fourth-order valence-electron chi connectivity index (χ4n) is 2.15. The number of hydrogen-bond donors (Lipinski definition) is 0. The highest BCUT2D eigenvalue weighted by atomic mass is 15.3. The molecule has 0 unspecified atom stereocenters. The van der Waals surface area contributed by atoms with Crippen LogP contribution in [0.3, 0.4) is 0 Å². The Hall–Kier alpha value is -1.53. The standard InChI is InChI=1S/C13H17N3/c1-12-5-3-4-6-13(12)16-9-7-15(8-10-16)11-14-2/h3-6H,7-11H2,1H3. The van der Waals surface area contributed by atoms with E-state index in [1.54, 1.807) is 0 Å². The number of para-hydroxylation sites is 1. The third kappa shape index (κ3) is 2.34. The Kier molecular flexibility index (Phi) is 3.43. The smallest absolute Gasteiger partial charge is 0.270 e. The lowest BCUT2D eigenvalue weighted by Crippen LogP contribution is -2.46. The van der Waals surface area contributed by atoms with Crippen LogP contribution < -0.4 is 4.90 Å². The maximum atomic E-state index is 6.86. The molecule has 0 amide bonds. The monoisotopic (exact) mass is 215 g/mol. The number of hydrogen-bond acceptors (Lipinski definition) is 2. The molecule has 1 aromatic carbocycles. The van der Waals surface area contributed by atoms with Crippen molar-refractivity contribution in [3.05, 3.63) is 41.2 Å². The molecule has 16 heavy (non-hydrogen) atoms. The fraction of sp³-hybridized carbons (Fsp3) is 0.462. The van der Waals surface area contributed by atoms with E-state index in [1.807, 2.05) is 0 Å². The van der Waals surface area contributed by atoms with Crippen molar-refractivity contribution in [2.24, 2.45) is 0 Å². The van der Waals surface area contributed by atoms with E-state index in [4.69, 9.17) is 6.57 Å². The molecule has 0 radical (unpaired) electrons. The van der Waals surface area contributed by atoms with Gasteiger partial charge in [-0.2, -0.15) is 0 Å². The Morgan fingerprint density at radius 2 is 1.88 bits per heavy atom. The van der Waals surface area contributed by atoms with Crippen molar-refractivity contribution < 1.29 is 0 Å². The van der Waals surface area contributed by atoms with Gasteiger partial charge >= 0.3 is 0 Å². The van der Waals surface area contributed by atoms with Crippen LogP contribution in [0, 0.1) is 13.5 Å². The highest BCUT2D eigenvalue weighted by Crippen LogP contribution is 2.20. The van der Waals surface area contributed by atoms with Crippen LogP contribution in [0.4, 0.5) is 5.69 Å². The topological polar surface area (TPSA) is 10.8 Å². The summed E-state index contributed by atoms with van der Waals surface area (Å²) in [6.45, 7) is 13.6. The Morgan fingerprint density at radius 1 is 1.19 bits per heavy atom. The van der Waals surface area contributed by atoms with E-state index < -0.39 is 0 Å². The average Bonchev–Trinajstić information content (AvgIpc) is 2.31. The minimum absolute atomic E-state index is 0.543. The zero-order valence-electron chi connectivity index (χ0n) is 9.69. The van der Waals surface area contributed by atoms with E-state index in [-0.39, 0.29) is 0 Å². The second-order valence-electron chi connectivity index (χ2n) is 4.19. The van der Waals surface area contributed by atoms with Crippen LogP contribution >= 0.6 is 0 Å². The molecular weight excluding hydrogens is 198 g/mol. The third-order valence-electron chi connectivity index (χ3n) is 3.10. The molecule has 0 spiro atoms.